The molecule has 1 aliphatic heterocycles. The van der Waals surface area contributed by atoms with E-state index >= 15 is 0 Å². The van der Waals surface area contributed by atoms with E-state index in [0.717, 1.165) is 25.6 Å². The largest absolute Gasteiger partial charge is 0.376 e. The minimum absolute atomic E-state index is 0.255. The fourth-order valence-corrected chi connectivity index (χ4v) is 3.67. The molecule has 2 rings (SSSR count). The van der Waals surface area contributed by atoms with Crippen molar-refractivity contribution in [2.75, 3.05) is 19.7 Å². The molecule has 18 heavy (non-hydrogen) atoms. The van der Waals surface area contributed by atoms with Crippen LogP contribution in [0.5, 0.6) is 0 Å². The third kappa shape index (κ3) is 2.73. The predicted octanol–water partition coefficient (Wildman–Crippen LogP) is 2.39. The molecule has 0 aromatic heterocycles. The van der Waals surface area contributed by atoms with Gasteiger partial charge < -0.3 is 10.5 Å². The zero-order valence-corrected chi connectivity index (χ0v) is 12.3. The van der Waals surface area contributed by atoms with E-state index in [0.29, 0.717) is 12.1 Å². The molecule has 106 valence electrons. The van der Waals surface area contributed by atoms with Gasteiger partial charge in [-0.3, -0.25) is 4.90 Å². The summed E-state index contributed by atoms with van der Waals surface area (Å²) in [4.78, 5) is 2.70. The smallest absolute Gasteiger partial charge is 0.0675 e. The van der Waals surface area contributed by atoms with Crippen molar-refractivity contribution in [3.05, 3.63) is 0 Å². The summed E-state index contributed by atoms with van der Waals surface area (Å²) in [6.07, 6.45) is 6.74. The van der Waals surface area contributed by atoms with Gasteiger partial charge in [0.2, 0.25) is 0 Å². The summed E-state index contributed by atoms with van der Waals surface area (Å²) in [5.74, 6) is 0.878. The van der Waals surface area contributed by atoms with Crippen LogP contribution in [0.2, 0.25) is 0 Å². The number of ether oxygens (including phenoxy) is 1. The van der Waals surface area contributed by atoms with E-state index in [2.05, 4.69) is 25.7 Å². The third-order valence-corrected chi connectivity index (χ3v) is 5.13. The quantitative estimate of drug-likeness (QED) is 0.840. The van der Waals surface area contributed by atoms with Crippen molar-refractivity contribution in [1.29, 1.82) is 0 Å². The fraction of sp³-hybridized carbons (Fsp3) is 1.00. The Morgan fingerprint density at radius 2 is 1.94 bits per heavy atom. The first-order valence-corrected chi connectivity index (χ1v) is 7.69. The number of hydrogen-bond acceptors (Lipinski definition) is 3. The van der Waals surface area contributed by atoms with Gasteiger partial charge in [0.15, 0.2) is 0 Å². The van der Waals surface area contributed by atoms with Crippen LogP contribution < -0.4 is 5.73 Å². The zero-order chi connectivity index (χ0) is 13.2. The molecule has 3 nitrogen and oxygen atoms in total. The third-order valence-electron chi connectivity index (χ3n) is 5.13. The maximum Gasteiger partial charge on any atom is 0.0675 e. The zero-order valence-electron chi connectivity index (χ0n) is 12.3. The topological polar surface area (TPSA) is 38.5 Å². The van der Waals surface area contributed by atoms with Crippen molar-refractivity contribution in [2.45, 2.75) is 70.6 Å². The molecule has 1 heterocycles. The van der Waals surface area contributed by atoms with Crippen molar-refractivity contribution in [1.82, 2.24) is 4.90 Å². The fourth-order valence-electron chi connectivity index (χ4n) is 3.67. The van der Waals surface area contributed by atoms with Crippen LogP contribution in [0.25, 0.3) is 0 Å². The van der Waals surface area contributed by atoms with Gasteiger partial charge >= 0.3 is 0 Å². The second-order valence-electron chi connectivity index (χ2n) is 6.47. The second kappa shape index (κ2) is 5.89. The van der Waals surface area contributed by atoms with Crippen LogP contribution in [0.1, 0.15) is 52.9 Å². The van der Waals surface area contributed by atoms with Gasteiger partial charge in [0.25, 0.3) is 0 Å². The highest BCUT2D eigenvalue weighted by atomic mass is 16.5. The molecule has 0 aromatic rings. The Morgan fingerprint density at radius 1 is 1.28 bits per heavy atom. The molecule has 1 saturated heterocycles. The van der Waals surface area contributed by atoms with Gasteiger partial charge in [0, 0.05) is 24.7 Å². The van der Waals surface area contributed by atoms with Gasteiger partial charge in [0.05, 0.1) is 12.7 Å². The molecule has 2 aliphatic rings. The Hall–Kier alpha value is -0.120. The molecule has 0 bridgehead atoms. The van der Waals surface area contributed by atoms with Crippen molar-refractivity contribution in [3.8, 4) is 0 Å². The number of nitrogens with two attached hydrogens (primary N) is 1. The second-order valence-corrected chi connectivity index (χ2v) is 6.47. The Bertz CT molecular complexity index is 261. The van der Waals surface area contributed by atoms with Gasteiger partial charge in [-0.1, -0.05) is 13.8 Å². The van der Waals surface area contributed by atoms with Crippen LogP contribution in [-0.2, 0) is 4.74 Å². The first kappa shape index (κ1) is 14.3. The molecule has 1 aliphatic carbocycles. The predicted molar refractivity (Wildman–Crippen MR) is 75.6 cm³/mol. The van der Waals surface area contributed by atoms with Crippen LogP contribution in [0.4, 0.5) is 0 Å². The van der Waals surface area contributed by atoms with Gasteiger partial charge in [-0.15, -0.1) is 0 Å². The van der Waals surface area contributed by atoms with E-state index in [1.165, 1.54) is 32.1 Å². The van der Waals surface area contributed by atoms with Crippen LogP contribution >= 0.6 is 0 Å². The van der Waals surface area contributed by atoms with Gasteiger partial charge in [-0.2, -0.15) is 0 Å². The lowest BCUT2D eigenvalue weighted by molar-refractivity contribution is -0.110. The van der Waals surface area contributed by atoms with Crippen LogP contribution in [0, 0.1) is 5.92 Å². The molecule has 0 spiro atoms. The normalized spacial score (nSPS) is 43.0. The van der Waals surface area contributed by atoms with E-state index < -0.39 is 0 Å². The molecule has 2 fully saturated rings. The number of nitrogens with zero attached hydrogens (tertiary/aromatic N) is 1. The van der Waals surface area contributed by atoms with Crippen LogP contribution in [0.3, 0.4) is 0 Å². The lowest BCUT2D eigenvalue weighted by Gasteiger charge is -2.53. The van der Waals surface area contributed by atoms with Gasteiger partial charge in [0.1, 0.15) is 0 Å². The monoisotopic (exact) mass is 254 g/mol. The number of hydrogen-bond donors (Lipinski definition) is 1. The van der Waals surface area contributed by atoms with E-state index in [1.807, 2.05) is 0 Å². The van der Waals surface area contributed by atoms with E-state index in [9.17, 15) is 0 Å². The molecule has 1 saturated carbocycles. The van der Waals surface area contributed by atoms with E-state index in [-0.39, 0.29) is 5.54 Å². The molecule has 3 heteroatoms. The van der Waals surface area contributed by atoms with Gasteiger partial charge in [-0.25, -0.2) is 0 Å². The molecule has 2 atom stereocenters. The maximum atomic E-state index is 6.19. The summed E-state index contributed by atoms with van der Waals surface area (Å²) in [7, 11) is 0. The highest BCUT2D eigenvalue weighted by Crippen LogP contribution is 2.38. The average Bonchev–Trinajstić information content (AvgIpc) is 2.40. The summed E-state index contributed by atoms with van der Waals surface area (Å²) >= 11 is 0. The first-order chi connectivity index (χ1) is 8.61. The highest BCUT2D eigenvalue weighted by Gasteiger charge is 2.43. The Morgan fingerprint density at radius 3 is 2.50 bits per heavy atom. The molecule has 0 aromatic carbocycles. The minimum atomic E-state index is 0.255. The summed E-state index contributed by atoms with van der Waals surface area (Å²) in [5.41, 5.74) is 6.45. The maximum absolute atomic E-state index is 6.19. The Balaban J connectivity index is 2.13. The molecular weight excluding hydrogens is 224 g/mol. The molecule has 2 N–H and O–H groups in total. The molecule has 0 radical (unpaired) electrons. The standard InChI is InChI=1S/C15H30N2O/c1-4-14-10-18-13(3)9-17(14)15(11-16)7-5-12(2)6-8-15/h12-14H,4-11,16H2,1-3H3. The summed E-state index contributed by atoms with van der Waals surface area (Å²) < 4.78 is 5.83. The lowest BCUT2D eigenvalue weighted by Crippen LogP contribution is -2.63. The van der Waals surface area contributed by atoms with Crippen LogP contribution in [0.15, 0.2) is 0 Å². The van der Waals surface area contributed by atoms with Gasteiger partial charge in [-0.05, 0) is 44.9 Å². The highest BCUT2D eigenvalue weighted by molar-refractivity contribution is 4.99. The van der Waals surface area contributed by atoms with Crippen molar-refractivity contribution in [3.63, 3.8) is 0 Å². The first-order valence-electron chi connectivity index (χ1n) is 7.69. The number of rotatable bonds is 3. The van der Waals surface area contributed by atoms with E-state index in [4.69, 9.17) is 10.5 Å². The van der Waals surface area contributed by atoms with Crippen molar-refractivity contribution in [2.24, 2.45) is 11.7 Å². The molecular formula is C15H30N2O. The Kier molecular flexibility index (Phi) is 4.68. The summed E-state index contributed by atoms with van der Waals surface area (Å²) in [6.45, 7) is 9.59. The lowest BCUT2D eigenvalue weighted by atomic mass is 9.75. The number of morpholine rings is 1. The SMILES string of the molecule is CCC1COC(C)CN1C1(CN)CCC(C)CC1. The summed E-state index contributed by atoms with van der Waals surface area (Å²) in [6, 6.07) is 0.568. The van der Waals surface area contributed by atoms with E-state index in [1.54, 1.807) is 0 Å². The Labute approximate surface area is 112 Å². The van der Waals surface area contributed by atoms with Crippen molar-refractivity contribution >= 4 is 0 Å². The van der Waals surface area contributed by atoms with Crippen molar-refractivity contribution < 1.29 is 4.74 Å². The molecule has 2 unspecified atom stereocenters. The summed E-state index contributed by atoms with van der Waals surface area (Å²) in [5, 5.41) is 0. The van der Waals surface area contributed by atoms with Crippen LogP contribution in [-0.4, -0.2) is 42.3 Å². The molecule has 0 amide bonds. The average molecular weight is 254 g/mol. The minimum Gasteiger partial charge on any atom is -0.376 e.